The summed E-state index contributed by atoms with van der Waals surface area (Å²) in [6, 6.07) is 6.15. The number of hydrogen-bond acceptors (Lipinski definition) is 3. The summed E-state index contributed by atoms with van der Waals surface area (Å²) in [4.78, 5) is 15.4. The van der Waals surface area contributed by atoms with Crippen molar-refractivity contribution in [3.63, 3.8) is 0 Å². The predicted octanol–water partition coefficient (Wildman–Crippen LogP) is 3.43. The van der Waals surface area contributed by atoms with Crippen LogP contribution in [0.5, 0.6) is 0 Å². The minimum Gasteiger partial charge on any atom is -0.338 e. The number of aryl methyl sites for hydroxylation is 2. The quantitative estimate of drug-likeness (QED) is 0.843. The fraction of sp³-hybridized carbons (Fsp3) is 0.529. The second-order valence-electron chi connectivity index (χ2n) is 5.99. The Labute approximate surface area is 142 Å². The first-order valence-electron chi connectivity index (χ1n) is 8.05. The van der Waals surface area contributed by atoms with Gasteiger partial charge in [-0.3, -0.25) is 4.68 Å². The highest BCUT2D eigenvalue weighted by Gasteiger charge is 2.14. The summed E-state index contributed by atoms with van der Waals surface area (Å²) in [5.74, 6) is 0.331. The summed E-state index contributed by atoms with van der Waals surface area (Å²) in [5.41, 5.74) is 2.19. The van der Waals surface area contributed by atoms with Gasteiger partial charge in [0, 0.05) is 30.2 Å². The van der Waals surface area contributed by atoms with Crippen LogP contribution in [-0.2, 0) is 13.1 Å². The van der Waals surface area contributed by atoms with Crippen LogP contribution in [-0.4, -0.2) is 33.8 Å². The number of thiophene rings is 1. The number of carbonyl (C=O) groups excluding carboxylic acids is 1. The molecule has 0 aliphatic rings. The SMILES string of the molecule is CCN(Cc1cccs1)C(=O)NCC(C)Cn1nc(C)cc1C. The van der Waals surface area contributed by atoms with Crippen LogP contribution in [0.3, 0.4) is 0 Å². The van der Waals surface area contributed by atoms with Crippen molar-refractivity contribution in [1.82, 2.24) is 20.0 Å². The molecule has 1 N–H and O–H groups in total. The average molecular weight is 334 g/mol. The van der Waals surface area contributed by atoms with E-state index in [1.807, 2.05) is 34.9 Å². The summed E-state index contributed by atoms with van der Waals surface area (Å²) >= 11 is 1.68. The Morgan fingerprint density at radius 3 is 2.83 bits per heavy atom. The van der Waals surface area contributed by atoms with E-state index < -0.39 is 0 Å². The van der Waals surface area contributed by atoms with Crippen LogP contribution in [0.1, 0.15) is 30.1 Å². The number of nitrogens with zero attached hydrogens (tertiary/aromatic N) is 3. The van der Waals surface area contributed by atoms with E-state index in [1.54, 1.807) is 11.3 Å². The number of urea groups is 1. The molecule has 0 saturated heterocycles. The van der Waals surface area contributed by atoms with Crippen LogP contribution in [0, 0.1) is 19.8 Å². The lowest BCUT2D eigenvalue weighted by atomic mass is 10.2. The van der Waals surface area contributed by atoms with Gasteiger partial charge in [-0.1, -0.05) is 13.0 Å². The van der Waals surface area contributed by atoms with Crippen LogP contribution in [0.15, 0.2) is 23.6 Å². The Bertz CT molecular complexity index is 621. The second-order valence-corrected chi connectivity index (χ2v) is 7.03. The maximum absolute atomic E-state index is 12.3. The molecule has 0 radical (unpaired) electrons. The molecule has 0 bridgehead atoms. The van der Waals surface area contributed by atoms with E-state index in [0.29, 0.717) is 25.6 Å². The van der Waals surface area contributed by atoms with Crippen molar-refractivity contribution in [3.8, 4) is 0 Å². The lowest BCUT2D eigenvalue weighted by Crippen LogP contribution is -2.41. The van der Waals surface area contributed by atoms with Crippen molar-refractivity contribution < 1.29 is 4.79 Å². The molecular formula is C17H26N4OS. The molecule has 23 heavy (non-hydrogen) atoms. The van der Waals surface area contributed by atoms with Crippen molar-refractivity contribution in [2.75, 3.05) is 13.1 Å². The number of hydrogen-bond donors (Lipinski definition) is 1. The third kappa shape index (κ3) is 5.10. The summed E-state index contributed by atoms with van der Waals surface area (Å²) in [6.07, 6.45) is 0. The maximum atomic E-state index is 12.3. The molecule has 6 heteroatoms. The summed E-state index contributed by atoms with van der Waals surface area (Å²) in [6.45, 7) is 11.0. The first-order valence-corrected chi connectivity index (χ1v) is 8.93. The van der Waals surface area contributed by atoms with E-state index in [2.05, 4.69) is 36.4 Å². The highest BCUT2D eigenvalue weighted by atomic mass is 32.1. The third-order valence-electron chi connectivity index (χ3n) is 3.79. The highest BCUT2D eigenvalue weighted by molar-refractivity contribution is 7.09. The van der Waals surface area contributed by atoms with E-state index in [9.17, 15) is 4.79 Å². The van der Waals surface area contributed by atoms with Crippen molar-refractivity contribution in [1.29, 1.82) is 0 Å². The first kappa shape index (κ1) is 17.5. The molecule has 2 aromatic heterocycles. The number of rotatable bonds is 7. The lowest BCUT2D eigenvalue weighted by Gasteiger charge is -2.22. The molecule has 0 spiro atoms. The monoisotopic (exact) mass is 334 g/mol. The Balaban J connectivity index is 1.81. The van der Waals surface area contributed by atoms with Gasteiger partial charge in [0.2, 0.25) is 0 Å². The molecule has 0 aromatic carbocycles. The fourth-order valence-corrected chi connectivity index (χ4v) is 3.23. The van der Waals surface area contributed by atoms with Crippen molar-refractivity contribution in [2.24, 2.45) is 5.92 Å². The predicted molar refractivity (Wildman–Crippen MR) is 94.7 cm³/mol. The summed E-state index contributed by atoms with van der Waals surface area (Å²) in [5, 5.41) is 9.56. The van der Waals surface area contributed by atoms with Gasteiger partial charge in [-0.15, -0.1) is 11.3 Å². The number of aromatic nitrogens is 2. The molecule has 0 aliphatic heterocycles. The zero-order valence-corrected chi connectivity index (χ0v) is 15.2. The molecule has 1 atom stereocenters. The van der Waals surface area contributed by atoms with Crippen LogP contribution in [0.4, 0.5) is 4.79 Å². The largest absolute Gasteiger partial charge is 0.338 e. The minimum atomic E-state index is 0.00104. The van der Waals surface area contributed by atoms with E-state index in [1.165, 1.54) is 4.88 Å². The van der Waals surface area contributed by atoms with Crippen LogP contribution >= 0.6 is 11.3 Å². The molecule has 2 aromatic rings. The van der Waals surface area contributed by atoms with Gasteiger partial charge in [0.25, 0.3) is 0 Å². The lowest BCUT2D eigenvalue weighted by molar-refractivity contribution is 0.196. The van der Waals surface area contributed by atoms with Crippen LogP contribution < -0.4 is 5.32 Å². The molecular weight excluding hydrogens is 308 g/mol. The molecule has 1 unspecified atom stereocenters. The van der Waals surface area contributed by atoms with Crippen LogP contribution in [0.2, 0.25) is 0 Å². The van der Waals surface area contributed by atoms with Crippen molar-refractivity contribution in [2.45, 2.75) is 40.8 Å². The smallest absolute Gasteiger partial charge is 0.317 e. The van der Waals surface area contributed by atoms with Gasteiger partial charge in [0.1, 0.15) is 0 Å². The van der Waals surface area contributed by atoms with Gasteiger partial charge in [-0.05, 0) is 44.2 Å². The van der Waals surface area contributed by atoms with Gasteiger partial charge in [0.15, 0.2) is 0 Å². The number of amides is 2. The Hall–Kier alpha value is -1.82. The normalized spacial score (nSPS) is 12.2. The first-order chi connectivity index (χ1) is 11.0. The molecule has 2 amide bonds. The van der Waals surface area contributed by atoms with Gasteiger partial charge < -0.3 is 10.2 Å². The topological polar surface area (TPSA) is 50.2 Å². The Morgan fingerprint density at radius 1 is 1.48 bits per heavy atom. The fourth-order valence-electron chi connectivity index (χ4n) is 2.51. The van der Waals surface area contributed by atoms with E-state index >= 15 is 0 Å². The van der Waals surface area contributed by atoms with Gasteiger partial charge >= 0.3 is 6.03 Å². The molecule has 5 nitrogen and oxygen atoms in total. The molecule has 0 aliphatic carbocycles. The second kappa shape index (κ2) is 8.15. The Morgan fingerprint density at radius 2 is 2.26 bits per heavy atom. The Kier molecular flexibility index (Phi) is 6.21. The van der Waals surface area contributed by atoms with Gasteiger partial charge in [0.05, 0.1) is 12.2 Å². The van der Waals surface area contributed by atoms with Gasteiger partial charge in [-0.25, -0.2) is 4.79 Å². The van der Waals surface area contributed by atoms with E-state index in [4.69, 9.17) is 0 Å². The maximum Gasteiger partial charge on any atom is 0.317 e. The highest BCUT2D eigenvalue weighted by Crippen LogP contribution is 2.12. The number of carbonyl (C=O) groups is 1. The summed E-state index contributed by atoms with van der Waals surface area (Å²) in [7, 11) is 0. The third-order valence-corrected chi connectivity index (χ3v) is 4.65. The molecule has 0 saturated carbocycles. The standard InChI is InChI=1S/C17H26N4OS/c1-5-20(12-16-7-6-8-23-16)17(22)18-10-13(2)11-21-15(4)9-14(3)19-21/h6-9,13H,5,10-12H2,1-4H3,(H,18,22). The molecule has 126 valence electrons. The zero-order chi connectivity index (χ0) is 16.8. The van der Waals surface area contributed by atoms with Crippen molar-refractivity contribution in [3.05, 3.63) is 39.8 Å². The molecule has 2 rings (SSSR count). The van der Waals surface area contributed by atoms with E-state index in [-0.39, 0.29) is 6.03 Å². The van der Waals surface area contributed by atoms with E-state index in [0.717, 1.165) is 17.9 Å². The molecule has 2 heterocycles. The number of nitrogens with one attached hydrogen (secondary N) is 1. The zero-order valence-electron chi connectivity index (χ0n) is 14.4. The molecule has 0 fully saturated rings. The van der Waals surface area contributed by atoms with Crippen LogP contribution in [0.25, 0.3) is 0 Å². The minimum absolute atomic E-state index is 0.00104. The van der Waals surface area contributed by atoms with Gasteiger partial charge in [-0.2, -0.15) is 5.10 Å². The van der Waals surface area contributed by atoms with Crippen molar-refractivity contribution >= 4 is 17.4 Å². The average Bonchev–Trinajstić information content (AvgIpc) is 3.12. The summed E-state index contributed by atoms with van der Waals surface area (Å²) < 4.78 is 2.01.